The van der Waals surface area contributed by atoms with Crippen LogP contribution in [0.15, 0.2) is 66.9 Å². The fourth-order valence-corrected chi connectivity index (χ4v) is 4.51. The maximum atomic E-state index is 12.9. The Morgan fingerprint density at radius 1 is 1.03 bits per heavy atom. The summed E-state index contributed by atoms with van der Waals surface area (Å²) in [5.74, 6) is 0.0846. The van der Waals surface area contributed by atoms with E-state index in [1.165, 1.54) is 22.3 Å². The van der Waals surface area contributed by atoms with Crippen LogP contribution in [0.25, 0.3) is 11.1 Å². The van der Waals surface area contributed by atoms with Crippen LogP contribution in [-0.4, -0.2) is 42.2 Å². The van der Waals surface area contributed by atoms with Crippen LogP contribution in [0.3, 0.4) is 0 Å². The molecular weight excluding hydrogens is 445 g/mol. The zero-order valence-corrected chi connectivity index (χ0v) is 19.5. The van der Waals surface area contributed by atoms with Crippen molar-refractivity contribution in [3.63, 3.8) is 0 Å². The normalized spacial score (nSPS) is 16.9. The molecule has 1 aromatic heterocycles. The molecule has 1 saturated heterocycles. The Morgan fingerprint density at radius 3 is 2.31 bits per heavy atom. The number of nitrogens with one attached hydrogen (secondary N) is 1. The van der Waals surface area contributed by atoms with Crippen LogP contribution in [0.2, 0.25) is 0 Å². The van der Waals surface area contributed by atoms with E-state index in [1.54, 1.807) is 4.90 Å². The van der Waals surface area contributed by atoms with Crippen molar-refractivity contribution in [1.29, 1.82) is 0 Å². The van der Waals surface area contributed by atoms with Gasteiger partial charge in [-0.3, -0.25) is 4.98 Å². The molecule has 1 N–H and O–H groups in total. The van der Waals surface area contributed by atoms with Gasteiger partial charge in [0.05, 0.1) is 6.04 Å². The zero-order valence-electron chi connectivity index (χ0n) is 17.9. The highest BCUT2D eigenvalue weighted by molar-refractivity contribution is 5.85. The van der Waals surface area contributed by atoms with E-state index in [0.717, 1.165) is 17.8 Å². The predicted octanol–water partition coefficient (Wildman–Crippen LogP) is 5.13. The SMILES string of the molecule is Cc1ccc(C2CN(C(=O)OCC3c4ccccc4-c4ccccc43)CCN2)cn1.Cl.Cl. The molecule has 2 heterocycles. The van der Waals surface area contributed by atoms with Gasteiger partial charge < -0.3 is 15.0 Å². The van der Waals surface area contributed by atoms with E-state index in [1.807, 2.05) is 19.2 Å². The maximum Gasteiger partial charge on any atom is 0.409 e. The van der Waals surface area contributed by atoms with Crippen molar-refractivity contribution in [3.05, 3.63) is 89.2 Å². The smallest absolute Gasteiger partial charge is 0.409 e. The molecule has 3 aromatic rings. The summed E-state index contributed by atoms with van der Waals surface area (Å²) in [6.45, 7) is 4.30. The number of fused-ring (bicyclic) bond motifs is 3. The molecule has 1 aliphatic heterocycles. The van der Waals surface area contributed by atoms with Gasteiger partial charge in [0.15, 0.2) is 0 Å². The van der Waals surface area contributed by atoms with Crippen molar-refractivity contribution in [2.75, 3.05) is 26.2 Å². The summed E-state index contributed by atoms with van der Waals surface area (Å²) < 4.78 is 5.83. The van der Waals surface area contributed by atoms with Crippen LogP contribution in [0.1, 0.15) is 34.3 Å². The molecule has 5 rings (SSSR count). The van der Waals surface area contributed by atoms with Crippen molar-refractivity contribution in [1.82, 2.24) is 15.2 Å². The second-order valence-electron chi connectivity index (χ2n) is 7.99. The zero-order chi connectivity index (χ0) is 20.5. The molecule has 5 nitrogen and oxygen atoms in total. The molecule has 1 fully saturated rings. The molecular formula is C25H27Cl2N3O2. The number of hydrogen-bond acceptors (Lipinski definition) is 4. The standard InChI is InChI=1S/C25H25N3O2.2ClH/c1-17-10-11-18(14-27-17)24-15-28(13-12-26-24)25(29)30-16-23-21-8-4-2-6-19(21)20-7-3-5-9-22(20)23;;/h2-11,14,23-24,26H,12-13,15-16H2,1H3;2*1H. The van der Waals surface area contributed by atoms with Gasteiger partial charge in [0.25, 0.3) is 0 Å². The number of aryl methyl sites for hydroxylation is 1. The second-order valence-corrected chi connectivity index (χ2v) is 7.99. The van der Waals surface area contributed by atoms with Gasteiger partial charge in [-0.05, 0) is 40.8 Å². The molecule has 168 valence electrons. The minimum Gasteiger partial charge on any atom is -0.448 e. The van der Waals surface area contributed by atoms with Crippen LogP contribution in [0.5, 0.6) is 0 Å². The van der Waals surface area contributed by atoms with Crippen molar-refractivity contribution in [3.8, 4) is 11.1 Å². The summed E-state index contributed by atoms with van der Waals surface area (Å²) >= 11 is 0. The average Bonchev–Trinajstić information content (AvgIpc) is 3.12. The predicted molar refractivity (Wildman–Crippen MR) is 131 cm³/mol. The van der Waals surface area contributed by atoms with E-state index < -0.39 is 0 Å². The first-order chi connectivity index (χ1) is 14.7. The van der Waals surface area contributed by atoms with Crippen LogP contribution in [-0.2, 0) is 4.74 Å². The summed E-state index contributed by atoms with van der Waals surface area (Å²) in [6, 6.07) is 20.9. The summed E-state index contributed by atoms with van der Waals surface area (Å²) in [6.07, 6.45) is 1.64. The third kappa shape index (κ3) is 4.60. The van der Waals surface area contributed by atoms with Gasteiger partial charge in [0.2, 0.25) is 0 Å². The second kappa shape index (κ2) is 10.3. The van der Waals surface area contributed by atoms with E-state index in [-0.39, 0.29) is 42.9 Å². The van der Waals surface area contributed by atoms with Gasteiger partial charge >= 0.3 is 6.09 Å². The van der Waals surface area contributed by atoms with Gasteiger partial charge in [-0.15, -0.1) is 24.8 Å². The number of rotatable bonds is 3. The summed E-state index contributed by atoms with van der Waals surface area (Å²) in [5.41, 5.74) is 7.03. The molecule has 1 unspecified atom stereocenters. The lowest BCUT2D eigenvalue weighted by Gasteiger charge is -2.33. The fourth-order valence-electron chi connectivity index (χ4n) is 4.51. The van der Waals surface area contributed by atoms with Gasteiger partial charge in [-0.2, -0.15) is 0 Å². The number of piperazine rings is 1. The Labute approximate surface area is 201 Å². The highest BCUT2D eigenvalue weighted by Gasteiger charge is 2.31. The first kappa shape index (κ1) is 24.1. The number of carbonyl (C=O) groups excluding carboxylic acids is 1. The molecule has 1 atom stereocenters. The van der Waals surface area contributed by atoms with Crippen LogP contribution in [0, 0.1) is 6.92 Å². The Morgan fingerprint density at radius 2 is 1.69 bits per heavy atom. The van der Waals surface area contributed by atoms with Gasteiger partial charge in [0, 0.05) is 37.4 Å². The van der Waals surface area contributed by atoms with E-state index in [4.69, 9.17) is 4.74 Å². The van der Waals surface area contributed by atoms with Gasteiger partial charge in [-0.25, -0.2) is 4.79 Å². The molecule has 0 radical (unpaired) electrons. The van der Waals surface area contributed by atoms with Crippen molar-refractivity contribution >= 4 is 30.9 Å². The monoisotopic (exact) mass is 471 g/mol. The van der Waals surface area contributed by atoms with Gasteiger partial charge in [0.1, 0.15) is 6.61 Å². The topological polar surface area (TPSA) is 54.5 Å². The number of pyridine rings is 1. The first-order valence-electron chi connectivity index (χ1n) is 10.5. The Balaban J connectivity index is 0.00000144. The molecule has 2 aromatic carbocycles. The van der Waals surface area contributed by atoms with Crippen LogP contribution in [0.4, 0.5) is 4.79 Å². The third-order valence-corrected chi connectivity index (χ3v) is 6.11. The van der Waals surface area contributed by atoms with Crippen molar-refractivity contribution in [2.24, 2.45) is 0 Å². The molecule has 0 saturated carbocycles. The molecule has 0 bridgehead atoms. The number of ether oxygens (including phenoxy) is 1. The van der Waals surface area contributed by atoms with Crippen LogP contribution < -0.4 is 5.32 Å². The lowest BCUT2D eigenvalue weighted by molar-refractivity contribution is 0.0883. The number of amides is 1. The maximum absolute atomic E-state index is 12.9. The Kier molecular flexibility index (Phi) is 7.77. The number of hydrogen-bond donors (Lipinski definition) is 1. The first-order valence-corrected chi connectivity index (χ1v) is 10.5. The molecule has 1 aliphatic carbocycles. The average molecular weight is 472 g/mol. The summed E-state index contributed by atoms with van der Waals surface area (Å²) in [4.78, 5) is 19.1. The third-order valence-electron chi connectivity index (χ3n) is 6.11. The minimum atomic E-state index is -0.247. The van der Waals surface area contributed by atoms with Crippen molar-refractivity contribution < 1.29 is 9.53 Å². The lowest BCUT2D eigenvalue weighted by Crippen LogP contribution is -2.48. The number of benzene rings is 2. The molecule has 7 heteroatoms. The van der Waals surface area contributed by atoms with E-state index in [9.17, 15) is 4.79 Å². The summed E-state index contributed by atoms with van der Waals surface area (Å²) in [7, 11) is 0. The molecule has 2 aliphatic rings. The highest BCUT2D eigenvalue weighted by atomic mass is 35.5. The van der Waals surface area contributed by atoms with E-state index >= 15 is 0 Å². The number of nitrogens with zero attached hydrogens (tertiary/aromatic N) is 2. The summed E-state index contributed by atoms with van der Waals surface area (Å²) in [5, 5.41) is 3.47. The van der Waals surface area contributed by atoms with E-state index in [0.29, 0.717) is 19.7 Å². The molecule has 1 amide bonds. The van der Waals surface area contributed by atoms with E-state index in [2.05, 4.69) is 64.9 Å². The Bertz CT molecular complexity index is 1030. The molecule has 0 spiro atoms. The number of aromatic nitrogens is 1. The number of carbonyl (C=O) groups is 1. The Hall–Kier alpha value is -2.60. The van der Waals surface area contributed by atoms with Gasteiger partial charge in [-0.1, -0.05) is 54.6 Å². The highest BCUT2D eigenvalue weighted by Crippen LogP contribution is 2.44. The quantitative estimate of drug-likeness (QED) is 0.575. The largest absolute Gasteiger partial charge is 0.448 e. The minimum absolute atomic E-state index is 0. The fraction of sp³-hybridized carbons (Fsp3) is 0.280. The van der Waals surface area contributed by atoms with Crippen LogP contribution >= 0.6 is 24.8 Å². The lowest BCUT2D eigenvalue weighted by atomic mass is 9.98. The number of halogens is 2. The van der Waals surface area contributed by atoms with Crippen molar-refractivity contribution in [2.45, 2.75) is 18.9 Å². The molecule has 32 heavy (non-hydrogen) atoms.